The van der Waals surface area contributed by atoms with Crippen LogP contribution >= 0.6 is 0 Å². The Morgan fingerprint density at radius 3 is 2.67 bits per heavy atom. The van der Waals surface area contributed by atoms with Gasteiger partial charge in [-0.3, -0.25) is 0 Å². The molecule has 0 saturated carbocycles. The third-order valence-corrected chi connectivity index (χ3v) is 2.36. The maximum absolute atomic E-state index is 5.85. The van der Waals surface area contributed by atoms with Crippen LogP contribution in [0.3, 0.4) is 0 Å². The molecular weight excluding hydrogens is 188 g/mol. The number of hydrogen-bond acceptors (Lipinski definition) is 3. The smallest absolute Gasteiger partial charge is 0.0763 e. The van der Waals surface area contributed by atoms with Crippen LogP contribution in [0.2, 0.25) is 0 Å². The minimum absolute atomic E-state index is 0.0337. The van der Waals surface area contributed by atoms with Gasteiger partial charge in [-0.05, 0) is 31.5 Å². The molecule has 0 amide bonds. The van der Waals surface area contributed by atoms with E-state index in [-0.39, 0.29) is 12.1 Å². The minimum Gasteiger partial charge on any atom is -0.399 e. The Hall–Kier alpha value is -1.06. The summed E-state index contributed by atoms with van der Waals surface area (Å²) in [5.41, 5.74) is 13.5. The van der Waals surface area contributed by atoms with Crippen LogP contribution in [-0.4, -0.2) is 18.8 Å². The first-order chi connectivity index (χ1) is 7.13. The van der Waals surface area contributed by atoms with Crippen LogP contribution in [0.25, 0.3) is 0 Å². The van der Waals surface area contributed by atoms with E-state index in [9.17, 15) is 0 Å². The van der Waals surface area contributed by atoms with Gasteiger partial charge in [-0.2, -0.15) is 0 Å². The number of ether oxygens (including phenoxy) is 1. The first-order valence-electron chi connectivity index (χ1n) is 5.35. The van der Waals surface area contributed by atoms with Gasteiger partial charge in [-0.15, -0.1) is 0 Å². The molecule has 15 heavy (non-hydrogen) atoms. The number of anilines is 1. The van der Waals surface area contributed by atoms with Crippen molar-refractivity contribution in [3.63, 3.8) is 0 Å². The lowest BCUT2D eigenvalue weighted by Crippen LogP contribution is -2.35. The highest BCUT2D eigenvalue weighted by Gasteiger charge is 2.14. The Labute approximate surface area is 91.4 Å². The molecule has 3 nitrogen and oxygen atoms in total. The van der Waals surface area contributed by atoms with E-state index in [1.54, 1.807) is 0 Å². The Bertz CT molecular complexity index is 299. The molecule has 0 aliphatic rings. The van der Waals surface area contributed by atoms with Crippen molar-refractivity contribution >= 4 is 5.69 Å². The van der Waals surface area contributed by atoms with Crippen molar-refractivity contribution in [1.82, 2.24) is 0 Å². The third-order valence-electron chi connectivity index (χ3n) is 2.36. The first kappa shape index (κ1) is 12.0. The van der Waals surface area contributed by atoms with Crippen LogP contribution in [-0.2, 0) is 11.2 Å². The fourth-order valence-corrected chi connectivity index (χ4v) is 1.56. The normalized spacial score (nSPS) is 14.9. The van der Waals surface area contributed by atoms with Gasteiger partial charge in [-0.25, -0.2) is 0 Å². The first-order valence-corrected chi connectivity index (χ1v) is 5.35. The number of benzene rings is 1. The summed E-state index contributed by atoms with van der Waals surface area (Å²) in [5.74, 6) is 0. The van der Waals surface area contributed by atoms with E-state index in [1.807, 2.05) is 38.1 Å². The van der Waals surface area contributed by atoms with Crippen molar-refractivity contribution in [2.45, 2.75) is 32.4 Å². The van der Waals surface area contributed by atoms with E-state index in [4.69, 9.17) is 16.2 Å². The van der Waals surface area contributed by atoms with E-state index in [0.29, 0.717) is 6.61 Å². The molecule has 3 heteroatoms. The molecule has 1 aromatic rings. The highest BCUT2D eigenvalue weighted by Crippen LogP contribution is 2.12. The van der Waals surface area contributed by atoms with Crippen LogP contribution < -0.4 is 11.5 Å². The van der Waals surface area contributed by atoms with Gasteiger partial charge in [0.15, 0.2) is 0 Å². The van der Waals surface area contributed by atoms with E-state index in [2.05, 4.69) is 0 Å². The molecule has 1 aromatic carbocycles. The second-order valence-electron chi connectivity index (χ2n) is 3.80. The molecule has 0 aliphatic heterocycles. The van der Waals surface area contributed by atoms with Crippen LogP contribution in [0.4, 0.5) is 5.69 Å². The molecule has 0 aliphatic carbocycles. The zero-order valence-corrected chi connectivity index (χ0v) is 9.44. The molecule has 0 bridgehead atoms. The van der Waals surface area contributed by atoms with Crippen molar-refractivity contribution in [2.75, 3.05) is 12.3 Å². The maximum atomic E-state index is 5.85. The van der Waals surface area contributed by atoms with Crippen molar-refractivity contribution in [1.29, 1.82) is 0 Å². The molecule has 0 aromatic heterocycles. The Morgan fingerprint density at radius 2 is 2.13 bits per heavy atom. The number of nitrogen functional groups attached to an aromatic ring is 1. The molecule has 0 spiro atoms. The zero-order valence-electron chi connectivity index (χ0n) is 9.44. The minimum atomic E-state index is 0.0337. The summed E-state index contributed by atoms with van der Waals surface area (Å²) < 4.78 is 5.58. The molecule has 0 heterocycles. The van der Waals surface area contributed by atoms with E-state index in [0.717, 1.165) is 12.1 Å². The average Bonchev–Trinajstić information content (AvgIpc) is 2.17. The Kier molecular flexibility index (Phi) is 4.59. The molecule has 84 valence electrons. The predicted molar refractivity (Wildman–Crippen MR) is 63.6 cm³/mol. The monoisotopic (exact) mass is 208 g/mol. The van der Waals surface area contributed by atoms with Gasteiger partial charge in [0.1, 0.15) is 0 Å². The van der Waals surface area contributed by atoms with Gasteiger partial charge >= 0.3 is 0 Å². The number of hydrogen-bond donors (Lipinski definition) is 2. The van der Waals surface area contributed by atoms with E-state index >= 15 is 0 Å². The predicted octanol–water partition coefficient (Wildman–Crippen LogP) is 1.56. The summed E-state index contributed by atoms with van der Waals surface area (Å²) in [6, 6.07) is 7.88. The van der Waals surface area contributed by atoms with Crippen molar-refractivity contribution in [2.24, 2.45) is 5.73 Å². The summed E-state index contributed by atoms with van der Waals surface area (Å²) in [6.07, 6.45) is 0.882. The zero-order chi connectivity index (χ0) is 11.3. The molecule has 1 rings (SSSR count). The van der Waals surface area contributed by atoms with Crippen molar-refractivity contribution in [3.05, 3.63) is 29.8 Å². The molecule has 0 radical (unpaired) electrons. The second kappa shape index (κ2) is 5.73. The molecule has 0 fully saturated rings. The summed E-state index contributed by atoms with van der Waals surface area (Å²) >= 11 is 0. The molecule has 2 atom stereocenters. The highest BCUT2D eigenvalue weighted by molar-refractivity contribution is 5.40. The molecule has 2 unspecified atom stereocenters. The lowest BCUT2D eigenvalue weighted by atomic mass is 10.0. The summed E-state index contributed by atoms with van der Waals surface area (Å²) in [6.45, 7) is 4.63. The topological polar surface area (TPSA) is 61.3 Å². The lowest BCUT2D eigenvalue weighted by molar-refractivity contribution is 0.0487. The van der Waals surface area contributed by atoms with Crippen molar-refractivity contribution < 1.29 is 4.74 Å². The van der Waals surface area contributed by atoms with Gasteiger partial charge in [0.2, 0.25) is 0 Å². The summed E-state index contributed by atoms with van der Waals surface area (Å²) in [7, 11) is 0. The quantitative estimate of drug-likeness (QED) is 0.722. The molecule has 4 N–H and O–H groups in total. The van der Waals surface area contributed by atoms with Gasteiger partial charge in [0.05, 0.1) is 6.10 Å². The van der Waals surface area contributed by atoms with Gasteiger partial charge < -0.3 is 16.2 Å². The van der Waals surface area contributed by atoms with E-state index in [1.165, 1.54) is 5.56 Å². The largest absolute Gasteiger partial charge is 0.399 e. The number of nitrogens with two attached hydrogens (primary N) is 2. The van der Waals surface area contributed by atoms with Gasteiger partial charge in [-0.1, -0.05) is 12.1 Å². The number of rotatable bonds is 5. The summed E-state index contributed by atoms with van der Waals surface area (Å²) in [5, 5.41) is 0. The van der Waals surface area contributed by atoms with Crippen LogP contribution in [0, 0.1) is 0 Å². The fraction of sp³-hybridized carbons (Fsp3) is 0.500. The van der Waals surface area contributed by atoms with Crippen LogP contribution in [0.1, 0.15) is 19.4 Å². The molecular formula is C12H20N2O. The second-order valence-corrected chi connectivity index (χ2v) is 3.80. The highest BCUT2D eigenvalue weighted by atomic mass is 16.5. The van der Waals surface area contributed by atoms with Gasteiger partial charge in [0.25, 0.3) is 0 Å². The third kappa shape index (κ3) is 3.90. The average molecular weight is 208 g/mol. The van der Waals surface area contributed by atoms with Crippen LogP contribution in [0.5, 0.6) is 0 Å². The lowest BCUT2D eigenvalue weighted by Gasteiger charge is -2.20. The summed E-state index contributed by atoms with van der Waals surface area (Å²) in [4.78, 5) is 0. The van der Waals surface area contributed by atoms with Crippen LogP contribution in [0.15, 0.2) is 24.3 Å². The Balaban J connectivity index is 2.65. The van der Waals surface area contributed by atoms with Crippen molar-refractivity contribution in [3.8, 4) is 0 Å². The molecule has 0 saturated heterocycles. The maximum Gasteiger partial charge on any atom is 0.0763 e. The van der Waals surface area contributed by atoms with Gasteiger partial charge in [0, 0.05) is 24.8 Å². The van der Waals surface area contributed by atoms with E-state index < -0.39 is 0 Å². The standard InChI is InChI=1S/C12H20N2O/c1-3-15-12(9(2)13)8-10-5-4-6-11(14)7-10/h4-7,9,12H,3,8,13-14H2,1-2H3. The Morgan fingerprint density at radius 1 is 1.40 bits per heavy atom. The SMILES string of the molecule is CCOC(Cc1cccc(N)c1)C(C)N. The fourth-order valence-electron chi connectivity index (χ4n) is 1.56.